The lowest BCUT2D eigenvalue weighted by Crippen LogP contribution is -2.39. The Morgan fingerprint density at radius 2 is 1.39 bits per heavy atom. The lowest BCUT2D eigenvalue weighted by Gasteiger charge is -2.26. The summed E-state index contributed by atoms with van der Waals surface area (Å²) in [5, 5.41) is 0. The van der Waals surface area contributed by atoms with Gasteiger partial charge in [0.15, 0.2) is 0 Å². The predicted octanol–water partition coefficient (Wildman–Crippen LogP) is 5.96. The molecule has 3 aromatic rings. The van der Waals surface area contributed by atoms with Crippen LogP contribution in [0.25, 0.3) is 11.1 Å². The molecule has 0 spiro atoms. The SMILES string of the molecule is Cc1cccc(C)c1C(=O)N(CC(=O)OC(C)(C)C)c1cccc(-c2ccccc2)c1. The fraction of sp³-hybridized carbons (Fsp3) is 0.259. The van der Waals surface area contributed by atoms with Crippen LogP contribution in [-0.2, 0) is 9.53 Å². The van der Waals surface area contributed by atoms with Crippen molar-refractivity contribution in [1.82, 2.24) is 0 Å². The third-order valence-electron chi connectivity index (χ3n) is 4.91. The largest absolute Gasteiger partial charge is 0.459 e. The summed E-state index contributed by atoms with van der Waals surface area (Å²) >= 11 is 0. The van der Waals surface area contributed by atoms with Crippen molar-refractivity contribution in [3.8, 4) is 11.1 Å². The van der Waals surface area contributed by atoms with Gasteiger partial charge in [0.1, 0.15) is 12.1 Å². The zero-order valence-corrected chi connectivity index (χ0v) is 18.8. The average Bonchev–Trinajstić information content (AvgIpc) is 2.71. The molecule has 160 valence electrons. The molecule has 0 aromatic heterocycles. The van der Waals surface area contributed by atoms with Crippen molar-refractivity contribution in [2.75, 3.05) is 11.4 Å². The lowest BCUT2D eigenvalue weighted by molar-refractivity contribution is -0.152. The predicted molar refractivity (Wildman–Crippen MR) is 125 cm³/mol. The quantitative estimate of drug-likeness (QED) is 0.483. The van der Waals surface area contributed by atoms with Gasteiger partial charge in [-0.1, -0.05) is 60.7 Å². The van der Waals surface area contributed by atoms with E-state index in [2.05, 4.69) is 0 Å². The zero-order chi connectivity index (χ0) is 22.6. The third kappa shape index (κ3) is 5.60. The van der Waals surface area contributed by atoms with Gasteiger partial charge in [0.25, 0.3) is 5.91 Å². The van der Waals surface area contributed by atoms with Crippen molar-refractivity contribution in [1.29, 1.82) is 0 Å². The van der Waals surface area contributed by atoms with E-state index < -0.39 is 11.6 Å². The van der Waals surface area contributed by atoms with Crippen LogP contribution >= 0.6 is 0 Å². The van der Waals surface area contributed by atoms with Gasteiger partial charge in [-0.05, 0) is 69.0 Å². The monoisotopic (exact) mass is 415 g/mol. The van der Waals surface area contributed by atoms with Gasteiger partial charge in [-0.25, -0.2) is 0 Å². The molecule has 0 aliphatic rings. The molecule has 0 saturated carbocycles. The summed E-state index contributed by atoms with van der Waals surface area (Å²) in [5.74, 6) is -0.663. The van der Waals surface area contributed by atoms with Crippen molar-refractivity contribution in [2.24, 2.45) is 0 Å². The Kier molecular flexibility index (Phi) is 6.59. The fourth-order valence-electron chi connectivity index (χ4n) is 3.55. The Bertz CT molecular complexity index is 1060. The molecular formula is C27H29NO3. The van der Waals surface area contributed by atoms with Crippen LogP contribution in [0, 0.1) is 13.8 Å². The summed E-state index contributed by atoms with van der Waals surface area (Å²) in [7, 11) is 0. The number of carbonyl (C=O) groups is 2. The van der Waals surface area contributed by atoms with Gasteiger partial charge in [-0.15, -0.1) is 0 Å². The van der Waals surface area contributed by atoms with E-state index >= 15 is 0 Å². The van der Waals surface area contributed by atoms with Crippen LogP contribution < -0.4 is 4.90 Å². The zero-order valence-electron chi connectivity index (χ0n) is 18.8. The van der Waals surface area contributed by atoms with Crippen molar-refractivity contribution >= 4 is 17.6 Å². The first-order chi connectivity index (χ1) is 14.7. The number of rotatable bonds is 5. The minimum absolute atomic E-state index is 0.165. The highest BCUT2D eigenvalue weighted by Gasteiger charge is 2.26. The Balaban J connectivity index is 2.04. The molecule has 4 heteroatoms. The molecule has 0 N–H and O–H groups in total. The normalized spacial score (nSPS) is 11.1. The van der Waals surface area contributed by atoms with Crippen molar-refractivity contribution in [3.05, 3.63) is 89.5 Å². The van der Waals surface area contributed by atoms with Gasteiger partial charge < -0.3 is 4.74 Å². The maximum atomic E-state index is 13.7. The molecule has 0 radical (unpaired) electrons. The van der Waals surface area contributed by atoms with Crippen LogP contribution in [0.5, 0.6) is 0 Å². The van der Waals surface area contributed by atoms with E-state index in [0.29, 0.717) is 11.3 Å². The number of aryl methyl sites for hydroxylation is 2. The molecule has 0 saturated heterocycles. The van der Waals surface area contributed by atoms with Gasteiger partial charge in [-0.3, -0.25) is 14.5 Å². The maximum absolute atomic E-state index is 13.7. The molecule has 0 unspecified atom stereocenters. The first-order valence-electron chi connectivity index (χ1n) is 10.4. The van der Waals surface area contributed by atoms with Crippen molar-refractivity contribution in [3.63, 3.8) is 0 Å². The first kappa shape index (κ1) is 22.3. The number of anilines is 1. The van der Waals surface area contributed by atoms with E-state index in [1.165, 1.54) is 4.90 Å². The number of carbonyl (C=O) groups excluding carboxylic acids is 2. The van der Waals surface area contributed by atoms with Gasteiger partial charge in [0, 0.05) is 11.3 Å². The van der Waals surface area contributed by atoms with E-state index in [0.717, 1.165) is 22.3 Å². The molecular weight excluding hydrogens is 386 g/mol. The number of ether oxygens (including phenoxy) is 1. The molecule has 0 aliphatic carbocycles. The molecule has 4 nitrogen and oxygen atoms in total. The highest BCUT2D eigenvalue weighted by molar-refractivity contribution is 6.10. The summed E-state index contributed by atoms with van der Waals surface area (Å²) in [6.07, 6.45) is 0. The van der Waals surface area contributed by atoms with E-state index in [9.17, 15) is 9.59 Å². The van der Waals surface area contributed by atoms with Crippen molar-refractivity contribution in [2.45, 2.75) is 40.2 Å². The van der Waals surface area contributed by atoms with Crippen LogP contribution in [0.2, 0.25) is 0 Å². The summed E-state index contributed by atoms with van der Waals surface area (Å²) in [6.45, 7) is 9.11. The van der Waals surface area contributed by atoms with Crippen molar-refractivity contribution < 1.29 is 14.3 Å². The molecule has 3 rings (SSSR count). The van der Waals surface area contributed by atoms with Crippen LogP contribution in [0.4, 0.5) is 5.69 Å². The Hall–Kier alpha value is -3.40. The van der Waals surface area contributed by atoms with Crippen LogP contribution in [0.1, 0.15) is 42.3 Å². The van der Waals surface area contributed by atoms with Crippen LogP contribution in [0.15, 0.2) is 72.8 Å². The molecule has 0 heterocycles. The second-order valence-corrected chi connectivity index (χ2v) is 8.66. The smallest absolute Gasteiger partial charge is 0.326 e. The minimum Gasteiger partial charge on any atom is -0.459 e. The molecule has 3 aromatic carbocycles. The summed E-state index contributed by atoms with van der Waals surface area (Å²) < 4.78 is 5.52. The average molecular weight is 416 g/mol. The van der Waals surface area contributed by atoms with Gasteiger partial charge >= 0.3 is 5.97 Å². The van der Waals surface area contributed by atoms with E-state index in [-0.39, 0.29) is 12.5 Å². The highest BCUT2D eigenvalue weighted by atomic mass is 16.6. The number of hydrogen-bond donors (Lipinski definition) is 0. The molecule has 0 fully saturated rings. The van der Waals surface area contributed by atoms with Gasteiger partial charge in [0.05, 0.1) is 0 Å². The van der Waals surface area contributed by atoms with Gasteiger partial charge in [-0.2, -0.15) is 0 Å². The standard InChI is InChI=1S/C27H29NO3/c1-19-11-9-12-20(2)25(19)26(30)28(18-24(29)31-27(3,4)5)23-16-10-15-22(17-23)21-13-7-6-8-14-21/h6-17H,18H2,1-5H3. The lowest BCUT2D eigenvalue weighted by atomic mass is 10.0. The maximum Gasteiger partial charge on any atom is 0.326 e. The summed E-state index contributed by atoms with van der Waals surface area (Å²) in [6, 6.07) is 23.4. The Labute approximate surface area is 184 Å². The third-order valence-corrected chi connectivity index (χ3v) is 4.91. The van der Waals surface area contributed by atoms with E-state index in [4.69, 9.17) is 4.74 Å². The molecule has 31 heavy (non-hydrogen) atoms. The van der Waals surface area contributed by atoms with Crippen LogP contribution in [-0.4, -0.2) is 24.0 Å². The number of amides is 1. The fourth-order valence-corrected chi connectivity index (χ4v) is 3.55. The van der Waals surface area contributed by atoms with E-state index in [1.807, 2.05) is 107 Å². The molecule has 1 amide bonds. The Morgan fingerprint density at radius 3 is 2.00 bits per heavy atom. The molecule has 0 aliphatic heterocycles. The minimum atomic E-state index is -0.629. The van der Waals surface area contributed by atoms with Gasteiger partial charge in [0.2, 0.25) is 0 Å². The van der Waals surface area contributed by atoms with E-state index in [1.54, 1.807) is 0 Å². The topological polar surface area (TPSA) is 46.6 Å². The number of nitrogens with zero attached hydrogens (tertiary/aromatic N) is 1. The Morgan fingerprint density at radius 1 is 0.806 bits per heavy atom. The number of esters is 1. The summed E-state index contributed by atoms with van der Waals surface area (Å²) in [4.78, 5) is 27.9. The van der Waals surface area contributed by atoms with Crippen LogP contribution in [0.3, 0.4) is 0 Å². The molecule has 0 atom stereocenters. The second-order valence-electron chi connectivity index (χ2n) is 8.66. The second kappa shape index (κ2) is 9.17. The number of benzene rings is 3. The number of hydrogen-bond acceptors (Lipinski definition) is 3. The molecule has 0 bridgehead atoms. The summed E-state index contributed by atoms with van der Waals surface area (Å²) in [5.41, 5.74) is 4.39. The first-order valence-corrected chi connectivity index (χ1v) is 10.4. The highest BCUT2D eigenvalue weighted by Crippen LogP contribution is 2.27.